The molecule has 0 aliphatic heterocycles. The van der Waals surface area contributed by atoms with Crippen LogP contribution in [0.15, 0.2) is 0 Å². The molecule has 0 spiro atoms. The van der Waals surface area contributed by atoms with Gasteiger partial charge in [0.1, 0.15) is 0 Å². The Labute approximate surface area is 89.9 Å². The first-order chi connectivity index (χ1) is 6.56. The van der Waals surface area contributed by atoms with Gasteiger partial charge in [-0.05, 0) is 18.4 Å². The first kappa shape index (κ1) is 13.9. The molecule has 0 saturated heterocycles. The maximum atomic E-state index is 5.86. The van der Waals surface area contributed by atoms with Gasteiger partial charge >= 0.3 is 0 Å². The molecule has 2 heteroatoms. The predicted molar refractivity (Wildman–Crippen MR) is 64.4 cm³/mol. The lowest BCUT2D eigenvalue weighted by molar-refractivity contribution is 0.141. The lowest BCUT2D eigenvalue weighted by Crippen LogP contribution is -2.46. The molecule has 2 unspecified atom stereocenters. The van der Waals surface area contributed by atoms with E-state index < -0.39 is 0 Å². The SMILES string of the molecule is CCC(C)C(CN)N(CC)CC(C)C. The third-order valence-corrected chi connectivity index (χ3v) is 3.02. The lowest BCUT2D eigenvalue weighted by Gasteiger charge is -2.35. The Morgan fingerprint density at radius 3 is 2.00 bits per heavy atom. The normalized spacial score (nSPS) is 16.3. The summed E-state index contributed by atoms with van der Waals surface area (Å²) in [5, 5.41) is 0. The van der Waals surface area contributed by atoms with Crippen LogP contribution >= 0.6 is 0 Å². The second-order valence-corrected chi connectivity index (χ2v) is 4.67. The molecule has 0 bridgehead atoms. The summed E-state index contributed by atoms with van der Waals surface area (Å²) in [6.45, 7) is 14.4. The van der Waals surface area contributed by atoms with E-state index in [1.807, 2.05) is 0 Å². The number of nitrogens with zero attached hydrogens (tertiary/aromatic N) is 1. The second-order valence-electron chi connectivity index (χ2n) is 4.67. The third kappa shape index (κ3) is 4.43. The molecule has 2 nitrogen and oxygen atoms in total. The zero-order valence-electron chi connectivity index (χ0n) is 10.6. The van der Waals surface area contributed by atoms with Crippen LogP contribution in [-0.4, -0.2) is 30.6 Å². The van der Waals surface area contributed by atoms with Crippen LogP contribution in [-0.2, 0) is 0 Å². The van der Waals surface area contributed by atoms with E-state index in [2.05, 4.69) is 39.5 Å². The Bertz CT molecular complexity index is 134. The van der Waals surface area contributed by atoms with E-state index in [1.165, 1.54) is 13.0 Å². The topological polar surface area (TPSA) is 29.3 Å². The smallest absolute Gasteiger partial charge is 0.0243 e. The van der Waals surface area contributed by atoms with Gasteiger partial charge in [-0.3, -0.25) is 4.90 Å². The molecule has 0 heterocycles. The monoisotopic (exact) mass is 200 g/mol. The Morgan fingerprint density at radius 2 is 1.71 bits per heavy atom. The first-order valence-corrected chi connectivity index (χ1v) is 6.00. The molecular weight excluding hydrogens is 172 g/mol. The number of hydrogen-bond acceptors (Lipinski definition) is 2. The fourth-order valence-electron chi connectivity index (χ4n) is 1.98. The van der Waals surface area contributed by atoms with E-state index in [1.54, 1.807) is 0 Å². The van der Waals surface area contributed by atoms with Gasteiger partial charge in [0.15, 0.2) is 0 Å². The average molecular weight is 200 g/mol. The van der Waals surface area contributed by atoms with Crippen molar-refractivity contribution < 1.29 is 0 Å². The fraction of sp³-hybridized carbons (Fsp3) is 1.00. The van der Waals surface area contributed by atoms with E-state index in [0.29, 0.717) is 12.0 Å². The van der Waals surface area contributed by atoms with Crippen LogP contribution < -0.4 is 5.73 Å². The molecule has 0 fully saturated rings. The van der Waals surface area contributed by atoms with Crippen molar-refractivity contribution in [3.63, 3.8) is 0 Å². The van der Waals surface area contributed by atoms with Crippen molar-refractivity contribution in [2.24, 2.45) is 17.6 Å². The van der Waals surface area contributed by atoms with Crippen molar-refractivity contribution >= 4 is 0 Å². The summed E-state index contributed by atoms with van der Waals surface area (Å²) in [5.74, 6) is 1.44. The Balaban J connectivity index is 4.28. The van der Waals surface area contributed by atoms with Crippen LogP contribution in [0.4, 0.5) is 0 Å². The molecule has 2 N–H and O–H groups in total. The van der Waals surface area contributed by atoms with E-state index in [9.17, 15) is 0 Å². The van der Waals surface area contributed by atoms with Crippen molar-refractivity contribution in [1.29, 1.82) is 0 Å². The summed E-state index contributed by atoms with van der Waals surface area (Å²) < 4.78 is 0. The van der Waals surface area contributed by atoms with E-state index in [0.717, 1.165) is 19.0 Å². The maximum absolute atomic E-state index is 5.86. The summed E-state index contributed by atoms with van der Waals surface area (Å²) in [4.78, 5) is 2.53. The molecule has 0 saturated carbocycles. The zero-order chi connectivity index (χ0) is 11.1. The highest BCUT2D eigenvalue weighted by Gasteiger charge is 2.21. The molecule has 0 aliphatic carbocycles. The number of hydrogen-bond donors (Lipinski definition) is 1. The minimum atomic E-state index is 0.562. The van der Waals surface area contributed by atoms with Crippen LogP contribution in [0.2, 0.25) is 0 Å². The van der Waals surface area contributed by atoms with Gasteiger partial charge in [0, 0.05) is 19.1 Å². The molecule has 0 aliphatic rings. The van der Waals surface area contributed by atoms with Gasteiger partial charge in [-0.15, -0.1) is 0 Å². The summed E-state index contributed by atoms with van der Waals surface area (Å²) >= 11 is 0. The molecule has 14 heavy (non-hydrogen) atoms. The van der Waals surface area contributed by atoms with Crippen molar-refractivity contribution in [3.05, 3.63) is 0 Å². The fourth-order valence-corrected chi connectivity index (χ4v) is 1.98. The van der Waals surface area contributed by atoms with Crippen LogP contribution in [0, 0.1) is 11.8 Å². The maximum Gasteiger partial charge on any atom is 0.0243 e. The summed E-state index contributed by atoms with van der Waals surface area (Å²) in [6.07, 6.45) is 1.22. The quantitative estimate of drug-likeness (QED) is 0.683. The minimum absolute atomic E-state index is 0.562. The molecule has 86 valence electrons. The molecule has 0 aromatic heterocycles. The Hall–Kier alpha value is -0.0800. The predicted octanol–water partition coefficient (Wildman–Crippen LogP) is 2.34. The summed E-state index contributed by atoms with van der Waals surface area (Å²) in [6, 6.07) is 0.562. The van der Waals surface area contributed by atoms with Crippen LogP contribution in [0.1, 0.15) is 41.0 Å². The first-order valence-electron chi connectivity index (χ1n) is 6.00. The molecule has 0 radical (unpaired) electrons. The molecular formula is C12H28N2. The standard InChI is InChI=1S/C12H28N2/c1-6-11(5)12(8-13)14(7-2)9-10(3)4/h10-12H,6-9,13H2,1-5H3. The average Bonchev–Trinajstić information content (AvgIpc) is 2.16. The highest BCUT2D eigenvalue weighted by Crippen LogP contribution is 2.15. The van der Waals surface area contributed by atoms with Gasteiger partial charge in [0.05, 0.1) is 0 Å². The van der Waals surface area contributed by atoms with Gasteiger partial charge in [0.25, 0.3) is 0 Å². The largest absolute Gasteiger partial charge is 0.329 e. The number of likely N-dealkylation sites (N-methyl/N-ethyl adjacent to an activating group) is 1. The Morgan fingerprint density at radius 1 is 1.14 bits per heavy atom. The lowest BCUT2D eigenvalue weighted by atomic mass is 9.97. The summed E-state index contributed by atoms with van der Waals surface area (Å²) in [5.41, 5.74) is 5.86. The van der Waals surface area contributed by atoms with Gasteiger partial charge in [-0.2, -0.15) is 0 Å². The van der Waals surface area contributed by atoms with Gasteiger partial charge in [-0.25, -0.2) is 0 Å². The van der Waals surface area contributed by atoms with Crippen LogP contribution in [0.3, 0.4) is 0 Å². The minimum Gasteiger partial charge on any atom is -0.329 e. The molecule has 0 rings (SSSR count). The molecule has 0 aromatic carbocycles. The molecule has 0 amide bonds. The van der Waals surface area contributed by atoms with E-state index in [-0.39, 0.29) is 0 Å². The van der Waals surface area contributed by atoms with E-state index in [4.69, 9.17) is 5.73 Å². The van der Waals surface area contributed by atoms with Gasteiger partial charge in [-0.1, -0.05) is 41.0 Å². The molecule has 0 aromatic rings. The highest BCUT2D eigenvalue weighted by molar-refractivity contribution is 4.77. The van der Waals surface area contributed by atoms with Crippen molar-refractivity contribution in [1.82, 2.24) is 4.90 Å². The van der Waals surface area contributed by atoms with Crippen molar-refractivity contribution in [3.8, 4) is 0 Å². The summed E-state index contributed by atoms with van der Waals surface area (Å²) in [7, 11) is 0. The number of nitrogens with two attached hydrogens (primary N) is 1. The zero-order valence-corrected chi connectivity index (χ0v) is 10.6. The van der Waals surface area contributed by atoms with Crippen LogP contribution in [0.25, 0.3) is 0 Å². The Kier molecular flexibility index (Phi) is 7.20. The van der Waals surface area contributed by atoms with Crippen molar-refractivity contribution in [2.75, 3.05) is 19.6 Å². The van der Waals surface area contributed by atoms with Gasteiger partial charge < -0.3 is 5.73 Å². The number of rotatable bonds is 7. The highest BCUT2D eigenvalue weighted by atomic mass is 15.2. The third-order valence-electron chi connectivity index (χ3n) is 3.02. The van der Waals surface area contributed by atoms with Crippen molar-refractivity contribution in [2.45, 2.75) is 47.1 Å². The van der Waals surface area contributed by atoms with E-state index >= 15 is 0 Å². The van der Waals surface area contributed by atoms with Gasteiger partial charge in [0.2, 0.25) is 0 Å². The van der Waals surface area contributed by atoms with Crippen LogP contribution in [0.5, 0.6) is 0 Å². The molecule has 2 atom stereocenters. The second kappa shape index (κ2) is 7.24.